The predicted octanol–water partition coefficient (Wildman–Crippen LogP) is 22.2. The first kappa shape index (κ1) is 58.2. The summed E-state index contributed by atoms with van der Waals surface area (Å²) in [5.74, 6) is 0. The summed E-state index contributed by atoms with van der Waals surface area (Å²) in [6.07, 6.45) is 0. The monoisotopic (exact) mass is 1260 g/mol. The molecule has 81 heavy (non-hydrogen) atoms. The minimum Gasteiger partial charge on any atom is -0.342 e. The van der Waals surface area contributed by atoms with E-state index in [1.54, 1.807) is 30.5 Å². The molecule has 4 aromatic carbocycles. The summed E-state index contributed by atoms with van der Waals surface area (Å²) in [6.45, 7) is 36.2. The average Bonchev–Trinajstić information content (AvgIpc) is 4.46. The second kappa shape index (κ2) is 22.8. The summed E-state index contributed by atoms with van der Waals surface area (Å²) in [7, 11) is -0.607. The fourth-order valence-electron chi connectivity index (χ4n) is 11.8. The Hall–Kier alpha value is -4.55. The summed E-state index contributed by atoms with van der Waals surface area (Å²) in [5, 5.41) is 15.8. The number of aryl methyl sites for hydroxylation is 13. The Morgan fingerprint density at radius 1 is 0.333 bits per heavy atom. The molecule has 10 aromatic heterocycles. The first-order valence-electron chi connectivity index (χ1n) is 27.7. The van der Waals surface area contributed by atoms with Crippen molar-refractivity contribution < 1.29 is 0 Å². The third-order valence-electron chi connectivity index (χ3n) is 15.9. The number of fused-ring (bicyclic) bond motifs is 14. The molecule has 1 nitrogen and oxygen atoms in total. The number of aromatic nitrogens is 1. The number of nitrogens with zero attached hydrogens (tertiary/aromatic N) is 1. The SMILES string of the molecule is Cc1cc2c(s1)-c1sc(C)cc1[Si]2(C)C.Cc1cc2c(s1)c1sc(C)cc1n2C.Cc1cc2ccc3cc(C)sc3c2s1.Cc1ccc2c(c1)[Si](C)(C)c1cc(C)ccc1-2.Cc1sc(C)c2ccccc12.Cc1sc(C)c2sccc12. The molecule has 16 rings (SSSR count). The van der Waals surface area contributed by atoms with E-state index in [0.29, 0.717) is 0 Å². The lowest BCUT2D eigenvalue weighted by Crippen LogP contribution is -2.49. The van der Waals surface area contributed by atoms with E-state index in [9.17, 15) is 0 Å². The first-order valence-corrected chi connectivity index (χ1v) is 41.1. The largest absolute Gasteiger partial charge is 0.342 e. The van der Waals surface area contributed by atoms with E-state index in [1.165, 1.54) is 132 Å². The second-order valence-electron chi connectivity index (χ2n) is 23.0. The van der Waals surface area contributed by atoms with Gasteiger partial charge in [0.25, 0.3) is 0 Å². The first-order chi connectivity index (χ1) is 38.5. The van der Waals surface area contributed by atoms with Crippen LogP contribution in [0.25, 0.3) is 82.3 Å². The molecule has 2 aliphatic rings. The van der Waals surface area contributed by atoms with Crippen LogP contribution < -0.4 is 20.7 Å². The minimum absolute atomic E-state index is 1.32. The molecule has 0 saturated heterocycles. The zero-order valence-electron chi connectivity index (χ0n) is 49.7. The van der Waals surface area contributed by atoms with Crippen molar-refractivity contribution in [2.24, 2.45) is 7.05 Å². The molecule has 2 aliphatic heterocycles. The summed E-state index contributed by atoms with van der Waals surface area (Å²) in [4.78, 5) is 17.5. The van der Waals surface area contributed by atoms with Gasteiger partial charge in [-0.15, -0.1) is 102 Å². The highest BCUT2D eigenvalue weighted by molar-refractivity contribution is 7.29. The van der Waals surface area contributed by atoms with Crippen molar-refractivity contribution in [3.8, 4) is 20.9 Å². The Labute approximate surface area is 517 Å². The number of thiophene rings is 9. The van der Waals surface area contributed by atoms with E-state index in [-0.39, 0.29) is 0 Å². The van der Waals surface area contributed by atoms with E-state index in [4.69, 9.17) is 0 Å². The number of benzene rings is 4. The second-order valence-corrected chi connectivity index (χ2v) is 43.0. The Morgan fingerprint density at radius 2 is 0.728 bits per heavy atom. The fourth-order valence-corrected chi connectivity index (χ4v) is 29.7. The Bertz CT molecular complexity index is 4370. The molecule has 14 aromatic rings. The maximum absolute atomic E-state index is 2.48. The normalized spacial score (nSPS) is 13.2. The molecule has 0 spiro atoms. The van der Waals surface area contributed by atoms with Crippen molar-refractivity contribution >= 4 is 200 Å². The molecule has 0 saturated carbocycles. The van der Waals surface area contributed by atoms with E-state index < -0.39 is 16.1 Å². The standard InChI is InChI=1S/C16H18Si.C12H14S2Si.C12H10S2.C11H11NS2.C10H10S.C8H8S2/c1-11-5-7-13-14-8-6-12(2)10-16(14)17(3,4)15(13)9-11;1-7-5-9-11(13-7)12-10(15(9,3)4)6-8(2)14-12;1-7-5-9-3-4-10-6-8(2)14-12(10)11(9)13-7;1-6-4-8-10(13-6)11-9(12(8)3)5-7(2)14-11;1-7-9-5-3-4-6-10(9)8(2)11-7;1-5-7-3-4-9-8(7)6(2)10-5/h5-10H,1-4H3;5-6H,1-4H3;3-6H,1-2H3;4-5H,1-3H3;3-6H,1-2H3;3-4H,1-2H3. The lowest BCUT2D eigenvalue weighted by Gasteiger charge is -2.19. The van der Waals surface area contributed by atoms with Crippen molar-refractivity contribution in [1.82, 2.24) is 4.57 Å². The summed E-state index contributed by atoms with van der Waals surface area (Å²) in [5.41, 5.74) is 8.48. The highest BCUT2D eigenvalue weighted by Gasteiger charge is 2.40. The van der Waals surface area contributed by atoms with E-state index in [1.807, 2.05) is 102 Å². The van der Waals surface area contributed by atoms with Crippen LogP contribution in [-0.2, 0) is 7.05 Å². The van der Waals surface area contributed by atoms with Gasteiger partial charge < -0.3 is 4.57 Å². The average molecular weight is 1260 g/mol. The van der Waals surface area contributed by atoms with E-state index in [0.717, 1.165) is 0 Å². The van der Waals surface area contributed by atoms with Crippen LogP contribution in [0, 0.1) is 83.1 Å². The van der Waals surface area contributed by atoms with Crippen molar-refractivity contribution in [2.75, 3.05) is 0 Å². The molecule has 0 amide bonds. The number of hydrogen-bond donors (Lipinski definition) is 0. The lowest BCUT2D eigenvalue weighted by atomic mass is 10.0. The van der Waals surface area contributed by atoms with E-state index in [2.05, 4.69) is 242 Å². The summed E-state index contributed by atoms with van der Waals surface area (Å²) < 4.78 is 9.60. The Kier molecular flexibility index (Phi) is 16.4. The molecule has 0 bridgehead atoms. The van der Waals surface area contributed by atoms with Gasteiger partial charge in [-0.25, -0.2) is 0 Å². The van der Waals surface area contributed by atoms with Gasteiger partial charge in [-0.1, -0.05) is 110 Å². The van der Waals surface area contributed by atoms with Gasteiger partial charge in [0.2, 0.25) is 0 Å². The molecule has 0 unspecified atom stereocenters. The van der Waals surface area contributed by atoms with Crippen LogP contribution in [0.5, 0.6) is 0 Å². The molecule has 12 heteroatoms. The summed E-state index contributed by atoms with van der Waals surface area (Å²) in [6, 6.07) is 43.1. The van der Waals surface area contributed by atoms with Crippen molar-refractivity contribution in [3.63, 3.8) is 0 Å². The molecular weight excluding hydrogens is 1190 g/mol. The maximum Gasteiger partial charge on any atom is 0.116 e. The lowest BCUT2D eigenvalue weighted by molar-refractivity contribution is 1.02. The van der Waals surface area contributed by atoms with Crippen molar-refractivity contribution in [3.05, 3.63) is 181 Å². The molecule has 0 N–H and O–H groups in total. The number of hydrogen-bond acceptors (Lipinski definition) is 9. The zero-order chi connectivity index (χ0) is 57.6. The fraction of sp³-hybridized carbons (Fsp3) is 0.246. The molecule has 0 fully saturated rings. The van der Waals surface area contributed by atoms with Gasteiger partial charge in [-0.2, -0.15) is 0 Å². The van der Waals surface area contributed by atoms with Crippen LogP contribution in [0.4, 0.5) is 0 Å². The van der Waals surface area contributed by atoms with Gasteiger partial charge in [-0.3, -0.25) is 0 Å². The molecule has 0 radical (unpaired) electrons. The predicted molar refractivity (Wildman–Crippen MR) is 385 cm³/mol. The van der Waals surface area contributed by atoms with Gasteiger partial charge in [0.15, 0.2) is 0 Å². The zero-order valence-corrected chi connectivity index (χ0v) is 59.0. The van der Waals surface area contributed by atoms with Crippen molar-refractivity contribution in [2.45, 2.75) is 109 Å². The van der Waals surface area contributed by atoms with Gasteiger partial charge in [0.05, 0.1) is 29.8 Å². The highest BCUT2D eigenvalue weighted by Crippen LogP contribution is 2.42. The number of rotatable bonds is 0. The highest BCUT2D eigenvalue weighted by atomic mass is 32.1. The summed E-state index contributed by atoms with van der Waals surface area (Å²) >= 11 is 17.2. The van der Waals surface area contributed by atoms with Gasteiger partial charge in [-0.05, 0) is 184 Å². The van der Waals surface area contributed by atoms with Crippen LogP contribution in [0.1, 0.15) is 59.9 Å². The molecular formula is C69H71NS9Si2. The van der Waals surface area contributed by atoms with Gasteiger partial charge >= 0.3 is 0 Å². The Balaban J connectivity index is 0.000000103. The van der Waals surface area contributed by atoms with Crippen LogP contribution in [0.15, 0.2) is 121 Å². The topological polar surface area (TPSA) is 4.93 Å². The smallest absolute Gasteiger partial charge is 0.116 e. The molecule has 0 aliphatic carbocycles. The third kappa shape index (κ3) is 11.1. The van der Waals surface area contributed by atoms with Crippen LogP contribution in [0.2, 0.25) is 26.2 Å². The van der Waals surface area contributed by atoms with Crippen LogP contribution in [0.3, 0.4) is 0 Å². The Morgan fingerprint density at radius 3 is 1.19 bits per heavy atom. The molecule has 0 atom stereocenters. The quantitative estimate of drug-likeness (QED) is 0.133. The maximum atomic E-state index is 2.48. The van der Waals surface area contributed by atoms with E-state index >= 15 is 0 Å². The minimum atomic E-state index is -1.44. The van der Waals surface area contributed by atoms with Crippen LogP contribution >= 0.6 is 102 Å². The molecule has 12 heterocycles. The van der Waals surface area contributed by atoms with Gasteiger partial charge in [0.1, 0.15) is 16.1 Å². The van der Waals surface area contributed by atoms with Crippen LogP contribution in [-0.4, -0.2) is 20.7 Å². The van der Waals surface area contributed by atoms with Gasteiger partial charge in [0, 0.05) is 75.7 Å². The van der Waals surface area contributed by atoms with Crippen molar-refractivity contribution in [1.29, 1.82) is 0 Å². The molecule has 414 valence electrons. The third-order valence-corrected chi connectivity index (χ3v) is 33.4.